The zero-order chi connectivity index (χ0) is 19.0. The average molecular weight is 363 g/mol. The highest BCUT2D eigenvalue weighted by Crippen LogP contribution is 2.36. The molecule has 6 heteroatoms. The SMILES string of the molecule is CC1CCN(c2ccc(-c3c[nH]c(=O)c4ccccc34)cc2[N+](=O)[O-])CC1. The third kappa shape index (κ3) is 3.18. The van der Waals surface area contributed by atoms with Crippen LogP contribution in [0.2, 0.25) is 0 Å². The Kier molecular flexibility index (Phi) is 4.39. The molecule has 4 rings (SSSR count). The highest BCUT2D eigenvalue weighted by Gasteiger charge is 2.24. The van der Waals surface area contributed by atoms with Gasteiger partial charge in [0.15, 0.2) is 0 Å². The first-order valence-corrected chi connectivity index (χ1v) is 9.19. The third-order valence-electron chi connectivity index (χ3n) is 5.42. The van der Waals surface area contributed by atoms with E-state index >= 15 is 0 Å². The molecule has 3 aromatic rings. The van der Waals surface area contributed by atoms with Crippen molar-refractivity contribution in [1.82, 2.24) is 4.98 Å². The molecule has 0 amide bonds. The van der Waals surface area contributed by atoms with Gasteiger partial charge in [-0.25, -0.2) is 0 Å². The first-order valence-electron chi connectivity index (χ1n) is 9.19. The van der Waals surface area contributed by atoms with Crippen molar-refractivity contribution in [1.29, 1.82) is 0 Å². The molecule has 138 valence electrons. The lowest BCUT2D eigenvalue weighted by Crippen LogP contribution is -2.33. The number of hydrogen-bond donors (Lipinski definition) is 1. The number of nitro benzene ring substituents is 1. The van der Waals surface area contributed by atoms with Crippen molar-refractivity contribution in [3.63, 3.8) is 0 Å². The van der Waals surface area contributed by atoms with Crippen LogP contribution in [0.25, 0.3) is 21.9 Å². The van der Waals surface area contributed by atoms with Crippen molar-refractivity contribution in [3.8, 4) is 11.1 Å². The van der Waals surface area contributed by atoms with Gasteiger partial charge >= 0.3 is 0 Å². The van der Waals surface area contributed by atoms with Gasteiger partial charge in [-0.05, 0) is 41.8 Å². The van der Waals surface area contributed by atoms with Gasteiger partial charge in [0, 0.05) is 36.3 Å². The number of fused-ring (bicyclic) bond motifs is 1. The number of nitrogens with zero attached hydrogens (tertiary/aromatic N) is 2. The molecule has 2 heterocycles. The van der Waals surface area contributed by atoms with Crippen LogP contribution in [0.5, 0.6) is 0 Å². The molecule has 1 aromatic heterocycles. The number of benzene rings is 2. The molecule has 6 nitrogen and oxygen atoms in total. The van der Waals surface area contributed by atoms with Crippen molar-refractivity contribution in [2.45, 2.75) is 19.8 Å². The van der Waals surface area contributed by atoms with E-state index in [9.17, 15) is 14.9 Å². The smallest absolute Gasteiger partial charge is 0.293 e. The van der Waals surface area contributed by atoms with Gasteiger partial charge in [-0.2, -0.15) is 0 Å². The van der Waals surface area contributed by atoms with Gasteiger partial charge in [-0.15, -0.1) is 0 Å². The standard InChI is InChI=1S/C21H21N3O3/c1-14-8-10-23(11-9-14)19-7-6-15(12-20(19)24(26)27)18-13-22-21(25)17-5-3-2-4-16(17)18/h2-7,12-14H,8-11H2,1H3,(H,22,25). The molecule has 1 saturated heterocycles. The summed E-state index contributed by atoms with van der Waals surface area (Å²) in [5.41, 5.74) is 2.13. The lowest BCUT2D eigenvalue weighted by atomic mass is 9.97. The summed E-state index contributed by atoms with van der Waals surface area (Å²) in [6.07, 6.45) is 3.72. The highest BCUT2D eigenvalue weighted by atomic mass is 16.6. The molecule has 0 atom stereocenters. The molecule has 0 aliphatic carbocycles. The Bertz CT molecular complexity index is 1070. The maximum Gasteiger partial charge on any atom is 0.293 e. The van der Waals surface area contributed by atoms with Gasteiger partial charge in [0.1, 0.15) is 5.69 Å². The second-order valence-electron chi connectivity index (χ2n) is 7.21. The number of hydrogen-bond acceptors (Lipinski definition) is 4. The van der Waals surface area contributed by atoms with Crippen LogP contribution in [0, 0.1) is 16.0 Å². The molecule has 2 aromatic carbocycles. The first-order chi connectivity index (χ1) is 13.0. The van der Waals surface area contributed by atoms with E-state index in [-0.39, 0.29) is 16.2 Å². The van der Waals surface area contributed by atoms with Crippen LogP contribution in [0.4, 0.5) is 11.4 Å². The Hall–Kier alpha value is -3.15. The number of anilines is 1. The Morgan fingerprint density at radius 3 is 2.52 bits per heavy atom. The van der Waals surface area contributed by atoms with Crippen LogP contribution in [0.15, 0.2) is 53.5 Å². The van der Waals surface area contributed by atoms with Gasteiger partial charge in [0.25, 0.3) is 11.2 Å². The molecular formula is C21H21N3O3. The van der Waals surface area contributed by atoms with E-state index in [2.05, 4.69) is 16.8 Å². The molecule has 0 spiro atoms. The van der Waals surface area contributed by atoms with E-state index in [0.29, 0.717) is 17.0 Å². The topological polar surface area (TPSA) is 79.2 Å². The number of rotatable bonds is 3. The predicted molar refractivity (Wildman–Crippen MR) is 107 cm³/mol. The summed E-state index contributed by atoms with van der Waals surface area (Å²) in [7, 11) is 0. The van der Waals surface area contributed by atoms with E-state index in [1.807, 2.05) is 30.3 Å². The predicted octanol–water partition coefficient (Wildman–Crippen LogP) is 4.34. The number of piperidine rings is 1. The lowest BCUT2D eigenvalue weighted by Gasteiger charge is -2.31. The number of H-pyrrole nitrogens is 1. The monoisotopic (exact) mass is 363 g/mol. The van der Waals surface area contributed by atoms with Gasteiger partial charge in [0.05, 0.1) is 4.92 Å². The summed E-state index contributed by atoms with van der Waals surface area (Å²) in [4.78, 5) is 28.3. The van der Waals surface area contributed by atoms with Crippen LogP contribution in [0.3, 0.4) is 0 Å². The molecule has 0 bridgehead atoms. The van der Waals surface area contributed by atoms with Crippen LogP contribution in [-0.2, 0) is 0 Å². The van der Waals surface area contributed by atoms with E-state index < -0.39 is 0 Å². The van der Waals surface area contributed by atoms with Crippen LogP contribution in [-0.4, -0.2) is 23.0 Å². The average Bonchev–Trinajstić information content (AvgIpc) is 2.69. The van der Waals surface area contributed by atoms with Crippen molar-refractivity contribution in [3.05, 3.63) is 69.1 Å². The molecule has 27 heavy (non-hydrogen) atoms. The van der Waals surface area contributed by atoms with Gasteiger partial charge in [0.2, 0.25) is 0 Å². The molecule has 1 aliphatic heterocycles. The van der Waals surface area contributed by atoms with Crippen molar-refractivity contribution < 1.29 is 4.92 Å². The molecule has 0 saturated carbocycles. The largest absolute Gasteiger partial charge is 0.366 e. The minimum atomic E-state index is -0.315. The Balaban J connectivity index is 1.82. The fourth-order valence-corrected chi connectivity index (χ4v) is 3.80. The molecule has 0 radical (unpaired) electrons. The van der Waals surface area contributed by atoms with E-state index in [1.165, 1.54) is 0 Å². The Labute approximate surface area is 156 Å². The van der Waals surface area contributed by atoms with E-state index in [1.54, 1.807) is 18.3 Å². The number of aromatic nitrogens is 1. The molecular weight excluding hydrogens is 342 g/mol. The van der Waals surface area contributed by atoms with E-state index in [4.69, 9.17) is 0 Å². The summed E-state index contributed by atoms with van der Waals surface area (Å²) >= 11 is 0. The molecule has 1 N–H and O–H groups in total. The minimum absolute atomic E-state index is 0.109. The van der Waals surface area contributed by atoms with Crippen LogP contribution < -0.4 is 10.5 Å². The maximum absolute atomic E-state index is 12.1. The third-order valence-corrected chi connectivity index (χ3v) is 5.42. The second kappa shape index (κ2) is 6.87. The van der Waals surface area contributed by atoms with Gasteiger partial charge in [-0.1, -0.05) is 31.2 Å². The highest BCUT2D eigenvalue weighted by molar-refractivity contribution is 5.96. The zero-order valence-electron chi connectivity index (χ0n) is 15.1. The normalized spacial score (nSPS) is 15.2. The Morgan fingerprint density at radius 1 is 1.11 bits per heavy atom. The fourth-order valence-electron chi connectivity index (χ4n) is 3.80. The number of nitrogens with one attached hydrogen (secondary N) is 1. The number of aromatic amines is 1. The quantitative estimate of drug-likeness (QED) is 0.554. The van der Waals surface area contributed by atoms with Crippen molar-refractivity contribution in [2.24, 2.45) is 5.92 Å². The minimum Gasteiger partial charge on any atom is -0.366 e. The lowest BCUT2D eigenvalue weighted by molar-refractivity contribution is -0.384. The summed E-state index contributed by atoms with van der Waals surface area (Å²) in [6, 6.07) is 12.7. The second-order valence-corrected chi connectivity index (χ2v) is 7.21. The van der Waals surface area contributed by atoms with Crippen LogP contribution in [0.1, 0.15) is 19.8 Å². The van der Waals surface area contributed by atoms with Crippen molar-refractivity contribution in [2.75, 3.05) is 18.0 Å². The maximum atomic E-state index is 12.1. The summed E-state index contributed by atoms with van der Waals surface area (Å²) in [5.74, 6) is 0.659. The molecule has 1 aliphatic rings. The van der Waals surface area contributed by atoms with Crippen molar-refractivity contribution >= 4 is 22.1 Å². The summed E-state index contributed by atoms with van der Waals surface area (Å²) < 4.78 is 0. The Morgan fingerprint density at radius 2 is 1.81 bits per heavy atom. The van der Waals surface area contributed by atoms with E-state index in [0.717, 1.165) is 42.4 Å². The molecule has 0 unspecified atom stereocenters. The number of pyridine rings is 1. The number of nitro groups is 1. The molecule has 1 fully saturated rings. The first kappa shape index (κ1) is 17.3. The summed E-state index contributed by atoms with van der Waals surface area (Å²) in [6.45, 7) is 3.89. The van der Waals surface area contributed by atoms with Gasteiger partial charge in [-0.3, -0.25) is 14.9 Å². The zero-order valence-corrected chi connectivity index (χ0v) is 15.1. The van der Waals surface area contributed by atoms with Crippen LogP contribution >= 0.6 is 0 Å². The fraction of sp³-hybridized carbons (Fsp3) is 0.286. The summed E-state index contributed by atoms with van der Waals surface area (Å²) in [5, 5.41) is 13.1. The van der Waals surface area contributed by atoms with Gasteiger partial charge < -0.3 is 9.88 Å².